The predicted molar refractivity (Wildman–Crippen MR) is 77.0 cm³/mol. The summed E-state index contributed by atoms with van der Waals surface area (Å²) in [5.41, 5.74) is 6.37. The van der Waals surface area contributed by atoms with Gasteiger partial charge in [-0.2, -0.15) is 0 Å². The Morgan fingerprint density at radius 2 is 2.05 bits per heavy atom. The quantitative estimate of drug-likeness (QED) is 0.862. The molecule has 0 aromatic carbocycles. The molecule has 0 atom stereocenters. The maximum absolute atomic E-state index is 5.72. The number of nitrogen functional groups attached to an aromatic ring is 1. The van der Waals surface area contributed by atoms with Gasteiger partial charge in [-0.1, -0.05) is 0 Å². The van der Waals surface area contributed by atoms with Crippen molar-refractivity contribution >= 4 is 23.1 Å². The molecule has 0 unspecified atom stereocenters. The van der Waals surface area contributed by atoms with E-state index in [9.17, 15) is 0 Å². The molecule has 0 radical (unpaired) electrons. The molecule has 104 valence electrons. The highest BCUT2D eigenvalue weighted by molar-refractivity contribution is 5.57. The summed E-state index contributed by atoms with van der Waals surface area (Å²) >= 11 is 0. The Morgan fingerprint density at radius 1 is 1.20 bits per heavy atom. The molecule has 20 heavy (non-hydrogen) atoms. The Balaban J connectivity index is 1.77. The van der Waals surface area contributed by atoms with Gasteiger partial charge in [-0.05, 0) is 6.07 Å². The Morgan fingerprint density at radius 3 is 2.85 bits per heavy atom. The Labute approximate surface area is 116 Å². The number of nitrogens with two attached hydrogens (primary N) is 1. The van der Waals surface area contributed by atoms with Crippen molar-refractivity contribution in [1.29, 1.82) is 0 Å². The maximum Gasteiger partial charge on any atom is 0.152 e. The zero-order valence-corrected chi connectivity index (χ0v) is 11.0. The van der Waals surface area contributed by atoms with Gasteiger partial charge >= 0.3 is 0 Å². The number of pyridine rings is 1. The molecular formula is C13H16N6O. The van der Waals surface area contributed by atoms with Crippen molar-refractivity contribution in [3.05, 3.63) is 30.7 Å². The number of nitrogens with zero attached hydrogens (tertiary/aromatic N) is 4. The smallest absolute Gasteiger partial charge is 0.152 e. The normalized spacial score (nSPS) is 15.1. The number of ether oxygens (including phenoxy) is 1. The summed E-state index contributed by atoms with van der Waals surface area (Å²) in [6, 6.07) is 3.49. The largest absolute Gasteiger partial charge is 0.399 e. The molecule has 3 rings (SSSR count). The molecule has 0 bridgehead atoms. The number of aromatic nitrogens is 3. The van der Waals surface area contributed by atoms with Gasteiger partial charge in [0.1, 0.15) is 11.6 Å². The SMILES string of the molecule is Nc1ccnc(Nc2cncc(N3CCOCC3)n2)c1. The molecule has 1 saturated heterocycles. The average molecular weight is 272 g/mol. The van der Waals surface area contributed by atoms with Gasteiger partial charge in [0.2, 0.25) is 0 Å². The standard InChI is InChI=1S/C13H16N6O/c14-10-1-2-16-11(7-10)17-12-8-15-9-13(18-12)19-3-5-20-6-4-19/h1-2,7-9H,3-6H2,(H3,14,16,17,18). The van der Waals surface area contributed by atoms with Gasteiger partial charge in [0, 0.05) is 31.0 Å². The highest BCUT2D eigenvalue weighted by atomic mass is 16.5. The van der Waals surface area contributed by atoms with Crippen LogP contribution in [-0.4, -0.2) is 41.3 Å². The van der Waals surface area contributed by atoms with Crippen LogP contribution in [0.25, 0.3) is 0 Å². The summed E-state index contributed by atoms with van der Waals surface area (Å²) in [5, 5.41) is 3.10. The lowest BCUT2D eigenvalue weighted by Gasteiger charge is -2.27. The first-order valence-electron chi connectivity index (χ1n) is 6.44. The summed E-state index contributed by atoms with van der Waals surface area (Å²) in [6.45, 7) is 3.09. The van der Waals surface area contributed by atoms with Crippen LogP contribution in [0.4, 0.5) is 23.1 Å². The van der Waals surface area contributed by atoms with Gasteiger partial charge in [-0.15, -0.1) is 0 Å². The molecule has 7 heteroatoms. The molecular weight excluding hydrogens is 256 g/mol. The minimum Gasteiger partial charge on any atom is -0.399 e. The van der Waals surface area contributed by atoms with E-state index in [1.54, 1.807) is 30.7 Å². The summed E-state index contributed by atoms with van der Waals surface area (Å²) < 4.78 is 5.33. The third-order valence-electron chi connectivity index (χ3n) is 3.00. The molecule has 0 spiro atoms. The second-order valence-corrected chi connectivity index (χ2v) is 4.46. The predicted octanol–water partition coefficient (Wildman–Crippen LogP) is 1.03. The van der Waals surface area contributed by atoms with Crippen molar-refractivity contribution in [2.24, 2.45) is 0 Å². The molecule has 0 amide bonds. The van der Waals surface area contributed by atoms with E-state index in [1.165, 1.54) is 0 Å². The third kappa shape index (κ3) is 2.94. The molecule has 1 aliphatic heterocycles. The topological polar surface area (TPSA) is 89.2 Å². The van der Waals surface area contributed by atoms with Crippen LogP contribution in [0.2, 0.25) is 0 Å². The molecule has 2 aromatic rings. The summed E-state index contributed by atoms with van der Waals surface area (Å²) in [6.07, 6.45) is 5.06. The first kappa shape index (κ1) is 12.6. The van der Waals surface area contributed by atoms with Crippen molar-refractivity contribution in [3.8, 4) is 0 Å². The van der Waals surface area contributed by atoms with Crippen molar-refractivity contribution in [2.45, 2.75) is 0 Å². The van der Waals surface area contributed by atoms with Crippen LogP contribution in [0.5, 0.6) is 0 Å². The first-order chi connectivity index (χ1) is 9.81. The van der Waals surface area contributed by atoms with Gasteiger partial charge in [-0.3, -0.25) is 4.98 Å². The van der Waals surface area contributed by atoms with E-state index in [0.717, 1.165) is 32.1 Å². The summed E-state index contributed by atoms with van der Waals surface area (Å²) in [4.78, 5) is 15.1. The average Bonchev–Trinajstić information content (AvgIpc) is 2.48. The number of nitrogens with one attached hydrogen (secondary N) is 1. The van der Waals surface area contributed by atoms with Crippen LogP contribution >= 0.6 is 0 Å². The number of morpholine rings is 1. The fourth-order valence-electron chi connectivity index (χ4n) is 2.01. The second-order valence-electron chi connectivity index (χ2n) is 4.46. The molecule has 0 saturated carbocycles. The van der Waals surface area contributed by atoms with Gasteiger partial charge in [0.15, 0.2) is 5.82 Å². The van der Waals surface area contributed by atoms with Gasteiger partial charge in [0.05, 0.1) is 25.6 Å². The van der Waals surface area contributed by atoms with E-state index < -0.39 is 0 Å². The molecule has 0 aliphatic carbocycles. The number of hydrogen-bond acceptors (Lipinski definition) is 7. The number of hydrogen-bond donors (Lipinski definition) is 2. The lowest BCUT2D eigenvalue weighted by molar-refractivity contribution is 0.122. The van der Waals surface area contributed by atoms with Crippen LogP contribution in [0.15, 0.2) is 30.7 Å². The molecule has 3 heterocycles. The monoisotopic (exact) mass is 272 g/mol. The number of anilines is 4. The fourth-order valence-corrected chi connectivity index (χ4v) is 2.01. The van der Waals surface area contributed by atoms with E-state index in [0.29, 0.717) is 17.3 Å². The van der Waals surface area contributed by atoms with Gasteiger partial charge in [0.25, 0.3) is 0 Å². The number of rotatable bonds is 3. The lowest BCUT2D eigenvalue weighted by Crippen LogP contribution is -2.36. The van der Waals surface area contributed by atoms with Gasteiger partial charge in [-0.25, -0.2) is 9.97 Å². The Bertz CT molecular complexity index is 585. The van der Waals surface area contributed by atoms with E-state index in [2.05, 4.69) is 25.2 Å². The summed E-state index contributed by atoms with van der Waals surface area (Å²) in [5.74, 6) is 2.13. The fraction of sp³-hybridized carbons (Fsp3) is 0.308. The second kappa shape index (κ2) is 5.70. The van der Waals surface area contributed by atoms with Gasteiger partial charge < -0.3 is 20.7 Å². The minimum atomic E-state index is 0.645. The zero-order valence-electron chi connectivity index (χ0n) is 11.0. The highest BCUT2D eigenvalue weighted by Crippen LogP contribution is 2.17. The lowest BCUT2D eigenvalue weighted by atomic mass is 10.4. The van der Waals surface area contributed by atoms with Crippen molar-refractivity contribution < 1.29 is 4.74 Å². The summed E-state index contributed by atoms with van der Waals surface area (Å²) in [7, 11) is 0. The molecule has 2 aromatic heterocycles. The van der Waals surface area contributed by atoms with Crippen molar-refractivity contribution in [1.82, 2.24) is 15.0 Å². The minimum absolute atomic E-state index is 0.645. The molecule has 1 aliphatic rings. The van der Waals surface area contributed by atoms with E-state index in [1.807, 2.05) is 0 Å². The molecule has 1 fully saturated rings. The van der Waals surface area contributed by atoms with Crippen LogP contribution in [0, 0.1) is 0 Å². The van der Waals surface area contributed by atoms with Crippen LogP contribution in [0.1, 0.15) is 0 Å². The highest BCUT2D eigenvalue weighted by Gasteiger charge is 2.13. The van der Waals surface area contributed by atoms with Crippen molar-refractivity contribution in [2.75, 3.05) is 42.3 Å². The first-order valence-corrected chi connectivity index (χ1v) is 6.44. The van der Waals surface area contributed by atoms with Crippen molar-refractivity contribution in [3.63, 3.8) is 0 Å². The third-order valence-corrected chi connectivity index (χ3v) is 3.00. The van der Waals surface area contributed by atoms with Crippen LogP contribution in [-0.2, 0) is 4.74 Å². The van der Waals surface area contributed by atoms with Crippen LogP contribution in [0.3, 0.4) is 0 Å². The Kier molecular flexibility index (Phi) is 3.60. The van der Waals surface area contributed by atoms with Crippen LogP contribution < -0.4 is 16.0 Å². The zero-order chi connectivity index (χ0) is 13.8. The molecule has 7 nitrogen and oxygen atoms in total. The van der Waals surface area contributed by atoms with E-state index in [4.69, 9.17) is 10.5 Å². The Hall–Kier alpha value is -2.41. The molecule has 3 N–H and O–H groups in total. The maximum atomic E-state index is 5.72. The van der Waals surface area contributed by atoms with E-state index in [-0.39, 0.29) is 0 Å². The van der Waals surface area contributed by atoms with E-state index >= 15 is 0 Å².